The third kappa shape index (κ3) is 3.35. The van der Waals surface area contributed by atoms with E-state index in [1.165, 1.54) is 18.3 Å². The maximum absolute atomic E-state index is 12.6. The third-order valence-corrected chi connectivity index (χ3v) is 4.24. The van der Waals surface area contributed by atoms with E-state index >= 15 is 0 Å². The molecule has 0 radical (unpaired) electrons. The summed E-state index contributed by atoms with van der Waals surface area (Å²) in [7, 11) is 0. The number of nitrogens with zero attached hydrogens (tertiary/aromatic N) is 2. The number of carboxylic acids is 1. The summed E-state index contributed by atoms with van der Waals surface area (Å²) in [6.07, 6.45) is 1.54. The summed E-state index contributed by atoms with van der Waals surface area (Å²) in [4.78, 5) is 23.5. The second-order valence-electron chi connectivity index (χ2n) is 6.18. The van der Waals surface area contributed by atoms with E-state index in [2.05, 4.69) is 10.4 Å². The first kappa shape index (κ1) is 17.4. The number of carboxylic acid groups (broad SMARTS) is 1. The van der Waals surface area contributed by atoms with Gasteiger partial charge < -0.3 is 10.4 Å². The molecule has 0 aliphatic rings. The van der Waals surface area contributed by atoms with Gasteiger partial charge in [0.1, 0.15) is 0 Å². The number of anilines is 1. The highest BCUT2D eigenvalue weighted by atomic mass is 16.4. The predicted molar refractivity (Wildman–Crippen MR) is 99.1 cm³/mol. The number of aromatic nitrogens is 2. The van der Waals surface area contributed by atoms with Gasteiger partial charge in [0, 0.05) is 5.69 Å². The summed E-state index contributed by atoms with van der Waals surface area (Å²) < 4.78 is 1.75. The Hall–Kier alpha value is -3.41. The first-order valence-electron chi connectivity index (χ1n) is 8.14. The molecule has 0 saturated heterocycles. The summed E-state index contributed by atoms with van der Waals surface area (Å²) in [6.45, 7) is 5.85. The summed E-state index contributed by atoms with van der Waals surface area (Å²) in [5.41, 5.74) is 5.02. The van der Waals surface area contributed by atoms with E-state index in [9.17, 15) is 9.59 Å². The van der Waals surface area contributed by atoms with Crippen LogP contribution in [0.1, 0.15) is 37.5 Å². The minimum absolute atomic E-state index is 0.168. The average Bonchev–Trinajstić information content (AvgIpc) is 2.99. The van der Waals surface area contributed by atoms with Crippen molar-refractivity contribution < 1.29 is 14.7 Å². The van der Waals surface area contributed by atoms with Crippen molar-refractivity contribution in [2.24, 2.45) is 0 Å². The molecule has 2 aromatic carbocycles. The molecule has 6 nitrogen and oxygen atoms in total. The molecule has 1 amide bonds. The van der Waals surface area contributed by atoms with Crippen molar-refractivity contribution in [3.63, 3.8) is 0 Å². The predicted octanol–water partition coefficient (Wildman–Crippen LogP) is 3.75. The fraction of sp³-hybridized carbons (Fsp3) is 0.150. The van der Waals surface area contributed by atoms with Gasteiger partial charge in [0.2, 0.25) is 0 Å². The fourth-order valence-corrected chi connectivity index (χ4v) is 2.72. The number of hydrogen-bond acceptors (Lipinski definition) is 3. The lowest BCUT2D eigenvalue weighted by atomic mass is 10.1. The molecule has 0 unspecified atom stereocenters. The molecule has 0 aliphatic heterocycles. The molecule has 132 valence electrons. The lowest BCUT2D eigenvalue weighted by Gasteiger charge is -2.10. The van der Waals surface area contributed by atoms with Crippen molar-refractivity contribution in [2.75, 3.05) is 5.32 Å². The number of amides is 1. The Morgan fingerprint density at radius 2 is 1.73 bits per heavy atom. The van der Waals surface area contributed by atoms with Crippen LogP contribution in [0.5, 0.6) is 0 Å². The van der Waals surface area contributed by atoms with Gasteiger partial charge in [-0.25, -0.2) is 9.48 Å². The zero-order valence-corrected chi connectivity index (χ0v) is 14.8. The van der Waals surface area contributed by atoms with Crippen LogP contribution in [0.3, 0.4) is 0 Å². The van der Waals surface area contributed by atoms with Crippen LogP contribution in [0.4, 0.5) is 5.69 Å². The SMILES string of the molecule is Cc1ccc(C)c(-n2ncc(C(=O)Nc3ccc(C(=O)O)cc3)c2C)c1. The Morgan fingerprint density at radius 1 is 1.04 bits per heavy atom. The monoisotopic (exact) mass is 349 g/mol. The number of aryl methyl sites for hydroxylation is 2. The molecule has 0 fully saturated rings. The van der Waals surface area contributed by atoms with Crippen molar-refractivity contribution in [1.29, 1.82) is 0 Å². The van der Waals surface area contributed by atoms with Crippen molar-refractivity contribution in [3.8, 4) is 5.69 Å². The van der Waals surface area contributed by atoms with Gasteiger partial charge in [-0.15, -0.1) is 0 Å². The Morgan fingerprint density at radius 3 is 2.38 bits per heavy atom. The van der Waals surface area contributed by atoms with E-state index in [1.807, 2.05) is 39.0 Å². The zero-order chi connectivity index (χ0) is 18.8. The van der Waals surface area contributed by atoms with Gasteiger partial charge in [-0.3, -0.25) is 4.79 Å². The van der Waals surface area contributed by atoms with Crippen LogP contribution in [-0.4, -0.2) is 26.8 Å². The molecule has 0 spiro atoms. The Bertz CT molecular complexity index is 988. The highest BCUT2D eigenvalue weighted by molar-refractivity contribution is 6.05. The van der Waals surface area contributed by atoms with E-state index in [0.717, 1.165) is 22.5 Å². The van der Waals surface area contributed by atoms with E-state index in [1.54, 1.807) is 16.8 Å². The van der Waals surface area contributed by atoms with E-state index < -0.39 is 5.97 Å². The zero-order valence-electron chi connectivity index (χ0n) is 14.8. The first-order chi connectivity index (χ1) is 12.4. The number of benzene rings is 2. The molecule has 26 heavy (non-hydrogen) atoms. The molecule has 1 aromatic heterocycles. The Balaban J connectivity index is 1.86. The van der Waals surface area contributed by atoms with E-state index in [4.69, 9.17) is 5.11 Å². The van der Waals surface area contributed by atoms with Crippen LogP contribution in [-0.2, 0) is 0 Å². The molecule has 0 saturated carbocycles. The van der Waals surface area contributed by atoms with E-state index in [-0.39, 0.29) is 11.5 Å². The minimum atomic E-state index is -1.01. The summed E-state index contributed by atoms with van der Waals surface area (Å²) in [5.74, 6) is -1.30. The molecule has 6 heteroatoms. The second-order valence-corrected chi connectivity index (χ2v) is 6.18. The standard InChI is InChI=1S/C20H19N3O3/c1-12-4-5-13(2)18(10-12)23-14(3)17(11-21-23)19(24)22-16-8-6-15(7-9-16)20(25)26/h4-11H,1-3H3,(H,22,24)(H,25,26). The van der Waals surface area contributed by atoms with Crippen LogP contribution in [0.2, 0.25) is 0 Å². The number of aromatic carboxylic acids is 1. The van der Waals surface area contributed by atoms with Crippen LogP contribution >= 0.6 is 0 Å². The largest absolute Gasteiger partial charge is 0.478 e. The highest BCUT2D eigenvalue weighted by Gasteiger charge is 2.16. The van der Waals surface area contributed by atoms with Gasteiger partial charge in [0.15, 0.2) is 0 Å². The summed E-state index contributed by atoms with van der Waals surface area (Å²) in [6, 6.07) is 12.1. The molecule has 3 aromatic rings. The third-order valence-electron chi connectivity index (χ3n) is 4.24. The summed E-state index contributed by atoms with van der Waals surface area (Å²) >= 11 is 0. The van der Waals surface area contributed by atoms with Crippen molar-refractivity contribution in [2.45, 2.75) is 20.8 Å². The highest BCUT2D eigenvalue weighted by Crippen LogP contribution is 2.20. The number of carbonyl (C=O) groups is 2. The fourth-order valence-electron chi connectivity index (χ4n) is 2.72. The number of carbonyl (C=O) groups excluding carboxylic acids is 1. The van der Waals surface area contributed by atoms with Crippen LogP contribution in [0, 0.1) is 20.8 Å². The van der Waals surface area contributed by atoms with Gasteiger partial charge in [0.05, 0.1) is 28.7 Å². The molecule has 0 aliphatic carbocycles. The first-order valence-corrected chi connectivity index (χ1v) is 8.14. The summed E-state index contributed by atoms with van der Waals surface area (Å²) in [5, 5.41) is 16.1. The van der Waals surface area contributed by atoms with Crippen LogP contribution in [0.15, 0.2) is 48.7 Å². The number of nitrogens with one attached hydrogen (secondary N) is 1. The smallest absolute Gasteiger partial charge is 0.335 e. The average molecular weight is 349 g/mol. The lowest BCUT2D eigenvalue weighted by molar-refractivity contribution is 0.0696. The number of hydrogen-bond donors (Lipinski definition) is 2. The van der Waals surface area contributed by atoms with Gasteiger partial charge in [-0.2, -0.15) is 5.10 Å². The van der Waals surface area contributed by atoms with Crippen molar-refractivity contribution >= 4 is 17.6 Å². The maximum Gasteiger partial charge on any atom is 0.335 e. The van der Waals surface area contributed by atoms with Gasteiger partial charge in [-0.05, 0) is 62.2 Å². The number of rotatable bonds is 4. The molecule has 0 atom stereocenters. The molecule has 2 N–H and O–H groups in total. The molecule has 3 rings (SSSR count). The van der Waals surface area contributed by atoms with Gasteiger partial charge in [-0.1, -0.05) is 12.1 Å². The minimum Gasteiger partial charge on any atom is -0.478 e. The van der Waals surface area contributed by atoms with Crippen molar-refractivity contribution in [1.82, 2.24) is 9.78 Å². The van der Waals surface area contributed by atoms with E-state index in [0.29, 0.717) is 11.3 Å². The molecular weight excluding hydrogens is 330 g/mol. The Kier molecular flexibility index (Phi) is 4.58. The normalized spacial score (nSPS) is 10.6. The molecule has 0 bridgehead atoms. The topological polar surface area (TPSA) is 84.2 Å². The van der Waals surface area contributed by atoms with Crippen LogP contribution in [0.25, 0.3) is 5.69 Å². The Labute approximate surface area is 151 Å². The molecule has 1 heterocycles. The second kappa shape index (κ2) is 6.84. The maximum atomic E-state index is 12.6. The van der Waals surface area contributed by atoms with Crippen LogP contribution < -0.4 is 5.32 Å². The van der Waals surface area contributed by atoms with Gasteiger partial charge >= 0.3 is 5.97 Å². The quantitative estimate of drug-likeness (QED) is 0.751. The van der Waals surface area contributed by atoms with Gasteiger partial charge in [0.25, 0.3) is 5.91 Å². The molecular formula is C20H19N3O3. The van der Waals surface area contributed by atoms with Crippen molar-refractivity contribution in [3.05, 3.63) is 76.6 Å². The lowest BCUT2D eigenvalue weighted by Crippen LogP contribution is -2.13.